The van der Waals surface area contributed by atoms with Gasteiger partial charge in [-0.15, -0.1) is 11.3 Å². The zero-order chi connectivity index (χ0) is 12.4. The van der Waals surface area contributed by atoms with Crippen LogP contribution in [0.3, 0.4) is 0 Å². The largest absolute Gasteiger partial charge is 0.477 e. The van der Waals surface area contributed by atoms with Crippen LogP contribution >= 0.6 is 11.3 Å². The number of aromatic carboxylic acids is 1. The van der Waals surface area contributed by atoms with Crippen LogP contribution in [0.5, 0.6) is 0 Å². The Hall–Kier alpha value is -1.36. The maximum Gasteiger partial charge on any atom is 0.345 e. The smallest absolute Gasteiger partial charge is 0.345 e. The summed E-state index contributed by atoms with van der Waals surface area (Å²) >= 11 is 1.05. The van der Waals surface area contributed by atoms with E-state index in [4.69, 9.17) is 5.11 Å². The molecule has 0 bridgehead atoms. The number of nitrogens with zero attached hydrogens (tertiary/aromatic N) is 1. The molecule has 1 amide bonds. The van der Waals surface area contributed by atoms with Crippen molar-refractivity contribution in [3.63, 3.8) is 0 Å². The summed E-state index contributed by atoms with van der Waals surface area (Å²) < 4.78 is 0. The molecule has 92 valence electrons. The monoisotopic (exact) mass is 253 g/mol. The third-order valence-corrected chi connectivity index (χ3v) is 3.93. The van der Waals surface area contributed by atoms with E-state index < -0.39 is 5.97 Å². The van der Waals surface area contributed by atoms with Gasteiger partial charge in [0, 0.05) is 13.1 Å². The van der Waals surface area contributed by atoms with Crippen molar-refractivity contribution < 1.29 is 14.7 Å². The summed E-state index contributed by atoms with van der Waals surface area (Å²) in [7, 11) is 0. The van der Waals surface area contributed by atoms with Gasteiger partial charge in [-0.05, 0) is 37.8 Å². The maximum atomic E-state index is 12.1. The summed E-state index contributed by atoms with van der Waals surface area (Å²) in [4.78, 5) is 25.4. The first kappa shape index (κ1) is 12.1. The zero-order valence-electron chi connectivity index (χ0n) is 9.68. The van der Waals surface area contributed by atoms with E-state index in [-0.39, 0.29) is 10.8 Å². The van der Waals surface area contributed by atoms with Gasteiger partial charge in [-0.1, -0.05) is 0 Å². The third-order valence-electron chi connectivity index (χ3n) is 2.87. The Balaban J connectivity index is 2.07. The van der Waals surface area contributed by atoms with Gasteiger partial charge in [-0.25, -0.2) is 4.79 Å². The van der Waals surface area contributed by atoms with Gasteiger partial charge >= 0.3 is 5.97 Å². The molecule has 1 aromatic rings. The fraction of sp³-hybridized carbons (Fsp3) is 0.500. The Morgan fingerprint density at radius 1 is 1.41 bits per heavy atom. The molecule has 17 heavy (non-hydrogen) atoms. The minimum Gasteiger partial charge on any atom is -0.477 e. The summed E-state index contributed by atoms with van der Waals surface area (Å²) in [6, 6.07) is 3.09. The second-order valence-electron chi connectivity index (χ2n) is 4.26. The molecule has 1 aliphatic rings. The van der Waals surface area contributed by atoms with Gasteiger partial charge in [0.2, 0.25) is 0 Å². The number of carboxylic acid groups (broad SMARTS) is 1. The Morgan fingerprint density at radius 2 is 2.06 bits per heavy atom. The number of hydrogen-bond acceptors (Lipinski definition) is 3. The lowest BCUT2D eigenvalue weighted by Gasteiger charge is -2.19. The van der Waals surface area contributed by atoms with Crippen LogP contribution in [0, 0.1) is 5.92 Å². The maximum absolute atomic E-state index is 12.1. The van der Waals surface area contributed by atoms with Gasteiger partial charge in [0.25, 0.3) is 5.91 Å². The van der Waals surface area contributed by atoms with Crippen molar-refractivity contribution in [2.75, 3.05) is 13.1 Å². The van der Waals surface area contributed by atoms with Gasteiger partial charge in [-0.2, -0.15) is 0 Å². The van der Waals surface area contributed by atoms with Crippen LogP contribution in [0.25, 0.3) is 0 Å². The van der Waals surface area contributed by atoms with Crippen molar-refractivity contribution >= 4 is 23.2 Å². The second-order valence-corrected chi connectivity index (χ2v) is 5.34. The molecule has 0 radical (unpaired) electrons. The van der Waals surface area contributed by atoms with Crippen molar-refractivity contribution in [2.45, 2.75) is 19.8 Å². The number of thiophene rings is 1. The minimum atomic E-state index is -0.973. The number of carbonyl (C=O) groups excluding carboxylic acids is 1. The molecule has 0 atom stereocenters. The fourth-order valence-corrected chi connectivity index (χ4v) is 2.50. The van der Waals surface area contributed by atoms with Gasteiger partial charge < -0.3 is 10.0 Å². The van der Waals surface area contributed by atoms with Crippen LogP contribution < -0.4 is 0 Å². The average molecular weight is 253 g/mol. The normalized spacial score (nSPS) is 14.6. The Morgan fingerprint density at radius 3 is 2.53 bits per heavy atom. The lowest BCUT2D eigenvalue weighted by atomic mass is 10.3. The SMILES string of the molecule is CCN(CC1CC1)C(=O)c1ccc(C(=O)O)s1. The topological polar surface area (TPSA) is 57.6 Å². The number of rotatable bonds is 5. The highest BCUT2D eigenvalue weighted by molar-refractivity contribution is 7.15. The molecule has 2 rings (SSSR count). The minimum absolute atomic E-state index is 0.0445. The summed E-state index contributed by atoms with van der Waals surface area (Å²) in [5.41, 5.74) is 0. The number of hydrogen-bond donors (Lipinski definition) is 1. The molecule has 1 aromatic heterocycles. The van der Waals surface area contributed by atoms with E-state index in [0.717, 1.165) is 17.9 Å². The Bertz CT molecular complexity index is 437. The molecule has 1 fully saturated rings. The molecular formula is C12H15NO3S. The van der Waals surface area contributed by atoms with E-state index in [9.17, 15) is 9.59 Å². The standard InChI is InChI=1S/C12H15NO3S/c1-2-13(7-8-3-4-8)11(14)9-5-6-10(17-9)12(15)16/h5-6,8H,2-4,7H2,1H3,(H,15,16). The third kappa shape index (κ3) is 2.85. The summed E-state index contributed by atoms with van der Waals surface area (Å²) in [5, 5.41) is 8.82. The van der Waals surface area contributed by atoms with Crippen molar-refractivity contribution in [1.82, 2.24) is 4.90 Å². The highest BCUT2D eigenvalue weighted by Gasteiger charge is 2.27. The second kappa shape index (κ2) is 4.87. The van der Waals surface area contributed by atoms with E-state index >= 15 is 0 Å². The number of carboxylic acids is 1. The number of carbonyl (C=O) groups is 2. The first-order valence-electron chi connectivity index (χ1n) is 5.74. The molecule has 0 spiro atoms. The van der Waals surface area contributed by atoms with Gasteiger partial charge in [0.05, 0.1) is 4.88 Å². The molecule has 1 N–H and O–H groups in total. The highest BCUT2D eigenvalue weighted by atomic mass is 32.1. The predicted molar refractivity (Wildman–Crippen MR) is 65.6 cm³/mol. The van der Waals surface area contributed by atoms with Crippen LogP contribution in [0.1, 0.15) is 39.1 Å². The summed E-state index contributed by atoms with van der Waals surface area (Å²) in [5.74, 6) is -0.367. The van der Waals surface area contributed by atoms with Crippen LogP contribution in [-0.4, -0.2) is 35.0 Å². The average Bonchev–Trinajstić information content (AvgIpc) is 2.97. The zero-order valence-corrected chi connectivity index (χ0v) is 10.5. The van der Waals surface area contributed by atoms with E-state index in [2.05, 4.69) is 0 Å². The molecule has 5 heteroatoms. The molecular weight excluding hydrogens is 238 g/mol. The molecule has 4 nitrogen and oxygen atoms in total. The molecule has 0 saturated heterocycles. The van der Waals surface area contributed by atoms with E-state index in [1.807, 2.05) is 6.92 Å². The summed E-state index contributed by atoms with van der Waals surface area (Å²) in [6.45, 7) is 3.43. The van der Waals surface area contributed by atoms with Crippen LogP contribution in [0.15, 0.2) is 12.1 Å². The van der Waals surface area contributed by atoms with Crippen LogP contribution in [-0.2, 0) is 0 Å². The first-order chi connectivity index (χ1) is 8.11. The molecule has 0 unspecified atom stereocenters. The van der Waals surface area contributed by atoms with Gasteiger partial charge in [-0.3, -0.25) is 4.79 Å². The van der Waals surface area contributed by atoms with E-state index in [0.29, 0.717) is 17.3 Å². The first-order valence-corrected chi connectivity index (χ1v) is 6.56. The fourth-order valence-electron chi connectivity index (χ4n) is 1.69. The molecule has 1 heterocycles. The number of amides is 1. The predicted octanol–water partition coefficient (Wildman–Crippen LogP) is 2.32. The summed E-state index contributed by atoms with van der Waals surface area (Å²) in [6.07, 6.45) is 2.41. The van der Waals surface area contributed by atoms with Crippen molar-refractivity contribution in [1.29, 1.82) is 0 Å². The lowest BCUT2D eigenvalue weighted by molar-refractivity contribution is 0.0701. The van der Waals surface area contributed by atoms with Crippen LogP contribution in [0.2, 0.25) is 0 Å². The highest BCUT2D eigenvalue weighted by Crippen LogP contribution is 2.30. The Kier molecular flexibility index (Phi) is 3.47. The lowest BCUT2D eigenvalue weighted by Crippen LogP contribution is -2.32. The van der Waals surface area contributed by atoms with Crippen LogP contribution in [0.4, 0.5) is 0 Å². The van der Waals surface area contributed by atoms with Gasteiger partial charge in [0.1, 0.15) is 4.88 Å². The van der Waals surface area contributed by atoms with Crippen molar-refractivity contribution in [3.05, 3.63) is 21.9 Å². The van der Waals surface area contributed by atoms with Gasteiger partial charge in [0.15, 0.2) is 0 Å². The van der Waals surface area contributed by atoms with E-state index in [1.165, 1.54) is 18.9 Å². The quantitative estimate of drug-likeness (QED) is 0.876. The van der Waals surface area contributed by atoms with Crippen molar-refractivity contribution in [2.24, 2.45) is 5.92 Å². The van der Waals surface area contributed by atoms with Crippen molar-refractivity contribution in [3.8, 4) is 0 Å². The van der Waals surface area contributed by atoms with E-state index in [1.54, 1.807) is 11.0 Å². The molecule has 0 aromatic carbocycles. The molecule has 0 aliphatic heterocycles. The Labute approximate surface area is 104 Å². The molecule has 1 saturated carbocycles. The molecule has 1 aliphatic carbocycles.